The molecule has 0 unspecified atom stereocenters. The van der Waals surface area contributed by atoms with Crippen LogP contribution in [0.3, 0.4) is 0 Å². The third kappa shape index (κ3) is 2.82. The minimum atomic E-state index is -0.994. The predicted molar refractivity (Wildman–Crippen MR) is 58.7 cm³/mol. The maximum absolute atomic E-state index is 11.7. The Hall–Kier alpha value is -0.900. The van der Waals surface area contributed by atoms with Crippen LogP contribution in [0.1, 0.15) is 40.5 Å². The lowest BCUT2D eigenvalue weighted by Crippen LogP contribution is -2.44. The quantitative estimate of drug-likeness (QED) is 0.687. The fourth-order valence-electron chi connectivity index (χ4n) is 1.67. The molecule has 3 atom stereocenters. The van der Waals surface area contributed by atoms with Crippen molar-refractivity contribution in [3.8, 4) is 0 Å². The fourth-order valence-corrected chi connectivity index (χ4v) is 1.67. The number of aliphatic hydroxyl groups excluding tert-OH is 1. The zero-order valence-electron chi connectivity index (χ0n) is 10.3. The minimum absolute atomic E-state index is 0.157. The lowest BCUT2D eigenvalue weighted by atomic mass is 9.84. The first-order valence-corrected chi connectivity index (χ1v) is 5.65. The molecule has 1 saturated carbocycles. The van der Waals surface area contributed by atoms with Gasteiger partial charge in [-0.15, -0.1) is 0 Å². The van der Waals surface area contributed by atoms with Gasteiger partial charge in [0.2, 0.25) is 0 Å². The second-order valence-electron chi connectivity index (χ2n) is 5.50. The van der Waals surface area contributed by atoms with E-state index >= 15 is 0 Å². The molecule has 1 aliphatic carbocycles. The molecule has 0 bridgehead atoms. The van der Waals surface area contributed by atoms with Crippen LogP contribution in [0, 0.1) is 11.3 Å². The molecular formula is C12H20O4. The second kappa shape index (κ2) is 4.53. The molecule has 0 heterocycles. The molecule has 0 spiro atoms. The SMILES string of the molecule is C[C@H]1[C@@H](OC(=O)C(C)(C)C)CCC(=O)[C@@H]1O. The summed E-state index contributed by atoms with van der Waals surface area (Å²) < 4.78 is 5.34. The summed E-state index contributed by atoms with van der Waals surface area (Å²) in [5.41, 5.74) is -0.549. The van der Waals surface area contributed by atoms with E-state index in [4.69, 9.17) is 4.74 Å². The summed E-state index contributed by atoms with van der Waals surface area (Å²) >= 11 is 0. The molecule has 4 heteroatoms. The first kappa shape index (κ1) is 13.2. The number of esters is 1. The summed E-state index contributed by atoms with van der Waals surface area (Å²) in [6, 6.07) is 0. The number of carbonyl (C=O) groups excluding carboxylic acids is 2. The Kier molecular flexibility index (Phi) is 3.73. The Labute approximate surface area is 96.0 Å². The van der Waals surface area contributed by atoms with Crippen molar-refractivity contribution in [1.29, 1.82) is 0 Å². The van der Waals surface area contributed by atoms with Gasteiger partial charge in [-0.1, -0.05) is 6.92 Å². The van der Waals surface area contributed by atoms with Gasteiger partial charge in [0.15, 0.2) is 5.78 Å². The van der Waals surface area contributed by atoms with E-state index in [-0.39, 0.29) is 30.2 Å². The molecule has 4 nitrogen and oxygen atoms in total. The topological polar surface area (TPSA) is 63.6 Å². The van der Waals surface area contributed by atoms with E-state index in [1.807, 2.05) is 0 Å². The molecule has 1 N–H and O–H groups in total. The highest BCUT2D eigenvalue weighted by Gasteiger charge is 2.38. The molecule has 16 heavy (non-hydrogen) atoms. The van der Waals surface area contributed by atoms with Gasteiger partial charge in [-0.3, -0.25) is 9.59 Å². The van der Waals surface area contributed by atoms with Crippen LogP contribution in [0.15, 0.2) is 0 Å². The average Bonchev–Trinajstić information content (AvgIpc) is 2.17. The molecule has 0 radical (unpaired) electrons. The molecule has 0 aliphatic heterocycles. The van der Waals surface area contributed by atoms with Crippen LogP contribution in [0.4, 0.5) is 0 Å². The number of carbonyl (C=O) groups is 2. The average molecular weight is 228 g/mol. The Balaban J connectivity index is 2.62. The molecule has 0 saturated heterocycles. The molecule has 92 valence electrons. The van der Waals surface area contributed by atoms with E-state index in [9.17, 15) is 14.7 Å². The number of ether oxygens (including phenoxy) is 1. The molecule has 0 aromatic heterocycles. The standard InChI is InChI=1S/C12H20O4/c1-7-9(6-5-8(13)10(7)14)16-11(15)12(2,3)4/h7,9-10,14H,5-6H2,1-4H3/t7-,9-,10+/m0/s1. The van der Waals surface area contributed by atoms with Crippen molar-refractivity contribution >= 4 is 11.8 Å². The van der Waals surface area contributed by atoms with Crippen LogP contribution >= 0.6 is 0 Å². The Morgan fingerprint density at radius 1 is 1.44 bits per heavy atom. The highest BCUT2D eigenvalue weighted by molar-refractivity contribution is 5.84. The van der Waals surface area contributed by atoms with E-state index in [1.54, 1.807) is 27.7 Å². The molecule has 0 aromatic rings. The normalized spacial score (nSPS) is 31.3. The van der Waals surface area contributed by atoms with Crippen molar-refractivity contribution in [1.82, 2.24) is 0 Å². The Bertz CT molecular complexity index is 290. The van der Waals surface area contributed by atoms with Crippen LogP contribution in [-0.2, 0) is 14.3 Å². The highest BCUT2D eigenvalue weighted by atomic mass is 16.5. The number of hydrogen-bond acceptors (Lipinski definition) is 4. The summed E-state index contributed by atoms with van der Waals surface area (Å²) in [6.07, 6.45) is -0.544. The van der Waals surface area contributed by atoms with Crippen LogP contribution in [0.5, 0.6) is 0 Å². The van der Waals surface area contributed by atoms with E-state index in [0.717, 1.165) is 0 Å². The van der Waals surface area contributed by atoms with E-state index in [2.05, 4.69) is 0 Å². The van der Waals surface area contributed by atoms with Gasteiger partial charge >= 0.3 is 5.97 Å². The van der Waals surface area contributed by atoms with Crippen LogP contribution in [-0.4, -0.2) is 29.1 Å². The number of rotatable bonds is 1. The zero-order valence-corrected chi connectivity index (χ0v) is 10.3. The first-order chi connectivity index (χ1) is 7.23. The van der Waals surface area contributed by atoms with Crippen molar-refractivity contribution in [2.45, 2.75) is 52.7 Å². The van der Waals surface area contributed by atoms with Crippen molar-refractivity contribution in [3.63, 3.8) is 0 Å². The third-order valence-electron chi connectivity index (χ3n) is 2.96. The number of aliphatic hydroxyl groups is 1. The predicted octanol–water partition coefficient (Wildman–Crippen LogP) is 1.30. The van der Waals surface area contributed by atoms with Gasteiger partial charge in [0.1, 0.15) is 12.2 Å². The summed E-state index contributed by atoms with van der Waals surface area (Å²) in [5, 5.41) is 9.59. The van der Waals surface area contributed by atoms with Gasteiger partial charge in [0.05, 0.1) is 5.41 Å². The number of ketones is 1. The van der Waals surface area contributed by atoms with Gasteiger partial charge in [0.25, 0.3) is 0 Å². The third-order valence-corrected chi connectivity index (χ3v) is 2.96. The lowest BCUT2D eigenvalue weighted by Gasteiger charge is -2.33. The maximum atomic E-state index is 11.7. The maximum Gasteiger partial charge on any atom is 0.311 e. The van der Waals surface area contributed by atoms with E-state index in [0.29, 0.717) is 6.42 Å². The molecular weight excluding hydrogens is 208 g/mol. The van der Waals surface area contributed by atoms with Gasteiger partial charge in [-0.25, -0.2) is 0 Å². The first-order valence-electron chi connectivity index (χ1n) is 5.65. The zero-order chi connectivity index (χ0) is 12.5. The van der Waals surface area contributed by atoms with Crippen molar-refractivity contribution in [3.05, 3.63) is 0 Å². The van der Waals surface area contributed by atoms with Crippen molar-refractivity contribution in [2.75, 3.05) is 0 Å². The van der Waals surface area contributed by atoms with Crippen LogP contribution in [0.25, 0.3) is 0 Å². The van der Waals surface area contributed by atoms with E-state index in [1.165, 1.54) is 0 Å². The summed E-state index contributed by atoms with van der Waals surface area (Å²) in [7, 11) is 0. The largest absolute Gasteiger partial charge is 0.462 e. The van der Waals surface area contributed by atoms with Crippen molar-refractivity contribution < 1.29 is 19.4 Å². The summed E-state index contributed by atoms with van der Waals surface area (Å²) in [6.45, 7) is 7.08. The lowest BCUT2D eigenvalue weighted by molar-refractivity contribution is -0.168. The van der Waals surface area contributed by atoms with Gasteiger partial charge < -0.3 is 9.84 Å². The smallest absolute Gasteiger partial charge is 0.311 e. The molecule has 1 fully saturated rings. The summed E-state index contributed by atoms with van der Waals surface area (Å²) in [5.74, 6) is -0.756. The van der Waals surface area contributed by atoms with Crippen molar-refractivity contribution in [2.24, 2.45) is 11.3 Å². The Morgan fingerprint density at radius 3 is 2.50 bits per heavy atom. The number of Topliss-reactive ketones (excluding diaryl/α,β-unsaturated/α-hetero) is 1. The summed E-state index contributed by atoms with van der Waals surface area (Å²) in [4.78, 5) is 22.9. The van der Waals surface area contributed by atoms with Crippen LogP contribution in [0.2, 0.25) is 0 Å². The molecule has 1 rings (SSSR count). The highest BCUT2D eigenvalue weighted by Crippen LogP contribution is 2.27. The fraction of sp³-hybridized carbons (Fsp3) is 0.833. The van der Waals surface area contributed by atoms with Crippen LogP contribution < -0.4 is 0 Å². The minimum Gasteiger partial charge on any atom is -0.462 e. The Morgan fingerprint density at radius 2 is 2.00 bits per heavy atom. The molecule has 0 aromatic carbocycles. The molecule has 1 aliphatic rings. The molecule has 0 amide bonds. The van der Waals surface area contributed by atoms with Gasteiger partial charge in [-0.2, -0.15) is 0 Å². The second-order valence-corrected chi connectivity index (χ2v) is 5.50. The number of hydrogen-bond donors (Lipinski definition) is 1. The van der Waals surface area contributed by atoms with E-state index < -0.39 is 11.5 Å². The monoisotopic (exact) mass is 228 g/mol. The van der Waals surface area contributed by atoms with Gasteiger partial charge in [-0.05, 0) is 27.2 Å². The van der Waals surface area contributed by atoms with Gasteiger partial charge in [0, 0.05) is 12.3 Å².